The minimum atomic E-state index is -0.861. The second-order valence-corrected chi connectivity index (χ2v) is 6.94. The number of ketones is 1. The molecule has 2 heterocycles. The van der Waals surface area contributed by atoms with Crippen molar-refractivity contribution in [3.63, 3.8) is 0 Å². The zero-order valence-electron chi connectivity index (χ0n) is 16.3. The molecule has 2 N–H and O–H groups in total. The summed E-state index contributed by atoms with van der Waals surface area (Å²) in [5, 5.41) is 21.0. The molecule has 1 unspecified atom stereocenters. The molecule has 1 atom stereocenters. The number of nitrogens with zero attached hydrogens (tertiary/aromatic N) is 1. The molecule has 2 aromatic carbocycles. The van der Waals surface area contributed by atoms with Crippen LogP contribution in [-0.2, 0) is 14.3 Å². The molecule has 8 nitrogen and oxygen atoms in total. The molecular formula is C22H21NO7. The number of fused-ring (bicyclic) bond motifs is 1. The van der Waals surface area contributed by atoms with E-state index in [2.05, 4.69) is 0 Å². The number of likely N-dealkylation sites (tertiary alicyclic amines) is 1. The first kappa shape index (κ1) is 19.8. The van der Waals surface area contributed by atoms with E-state index in [1.165, 1.54) is 24.1 Å². The van der Waals surface area contributed by atoms with Gasteiger partial charge in [0.15, 0.2) is 11.5 Å². The van der Waals surface area contributed by atoms with Crippen LogP contribution in [-0.4, -0.2) is 60.3 Å². The summed E-state index contributed by atoms with van der Waals surface area (Å²) >= 11 is 0. The lowest BCUT2D eigenvalue weighted by Crippen LogP contribution is -2.32. The highest BCUT2D eigenvalue weighted by Crippen LogP contribution is 2.41. The van der Waals surface area contributed by atoms with Crippen molar-refractivity contribution < 1.29 is 34.0 Å². The van der Waals surface area contributed by atoms with Gasteiger partial charge < -0.3 is 29.3 Å². The van der Waals surface area contributed by atoms with Gasteiger partial charge in [-0.3, -0.25) is 9.59 Å². The lowest BCUT2D eigenvalue weighted by Gasteiger charge is -2.25. The average molecular weight is 411 g/mol. The number of amides is 1. The maximum absolute atomic E-state index is 12.9. The Labute approximate surface area is 172 Å². The van der Waals surface area contributed by atoms with E-state index < -0.39 is 17.7 Å². The summed E-state index contributed by atoms with van der Waals surface area (Å²) in [6, 6.07) is 10.2. The Hall–Kier alpha value is -3.52. The molecule has 0 saturated carbocycles. The molecule has 0 radical (unpaired) electrons. The molecule has 0 aromatic heterocycles. The van der Waals surface area contributed by atoms with E-state index in [0.717, 1.165) is 0 Å². The molecule has 8 heteroatoms. The van der Waals surface area contributed by atoms with Gasteiger partial charge >= 0.3 is 0 Å². The fraction of sp³-hybridized carbons (Fsp3) is 0.273. The fourth-order valence-corrected chi connectivity index (χ4v) is 3.69. The summed E-state index contributed by atoms with van der Waals surface area (Å²) in [5.41, 5.74) is 0.775. The Bertz CT molecular complexity index is 1030. The number of ether oxygens (including phenoxy) is 3. The highest BCUT2D eigenvalue weighted by atomic mass is 16.6. The van der Waals surface area contributed by atoms with Crippen molar-refractivity contribution in [1.82, 2.24) is 4.90 Å². The number of aliphatic hydroxyl groups is 1. The molecule has 0 aliphatic carbocycles. The summed E-state index contributed by atoms with van der Waals surface area (Å²) < 4.78 is 16.1. The summed E-state index contributed by atoms with van der Waals surface area (Å²) in [6.07, 6.45) is 0. The number of Topliss-reactive ketones (excluding diaryl/α,β-unsaturated/α-hetero) is 1. The summed E-state index contributed by atoms with van der Waals surface area (Å²) in [6.45, 7) is 1.17. The second-order valence-electron chi connectivity index (χ2n) is 6.94. The van der Waals surface area contributed by atoms with Crippen molar-refractivity contribution in [1.29, 1.82) is 0 Å². The lowest BCUT2D eigenvalue weighted by atomic mass is 9.95. The molecule has 1 fully saturated rings. The van der Waals surface area contributed by atoms with Crippen molar-refractivity contribution in [2.45, 2.75) is 6.04 Å². The van der Waals surface area contributed by atoms with Crippen LogP contribution in [0.25, 0.3) is 5.76 Å². The van der Waals surface area contributed by atoms with Gasteiger partial charge in [-0.05, 0) is 35.9 Å². The Balaban J connectivity index is 1.84. The van der Waals surface area contributed by atoms with Gasteiger partial charge in [-0.15, -0.1) is 0 Å². The van der Waals surface area contributed by atoms with E-state index in [0.29, 0.717) is 35.8 Å². The Morgan fingerprint density at radius 2 is 1.90 bits per heavy atom. The van der Waals surface area contributed by atoms with Crippen LogP contribution in [0.4, 0.5) is 0 Å². The minimum absolute atomic E-state index is 0.0100. The molecule has 2 aromatic rings. The molecular weight excluding hydrogens is 390 g/mol. The van der Waals surface area contributed by atoms with Gasteiger partial charge in [0, 0.05) is 19.2 Å². The van der Waals surface area contributed by atoms with Crippen molar-refractivity contribution in [2.24, 2.45) is 0 Å². The van der Waals surface area contributed by atoms with Gasteiger partial charge in [0.2, 0.25) is 0 Å². The first-order valence-electron chi connectivity index (χ1n) is 9.47. The first-order chi connectivity index (χ1) is 14.5. The van der Waals surface area contributed by atoms with Gasteiger partial charge in [-0.2, -0.15) is 0 Å². The van der Waals surface area contributed by atoms with E-state index >= 15 is 0 Å². The standard InChI is InChI=1S/C22H21NO7/c1-28-8-7-23-19(13-3-2-4-15(24)11-13)18(21(26)22(23)27)20(25)14-5-6-16-17(12-14)30-10-9-29-16/h2-6,11-12,19,24-25H,7-10H2,1H3/b20-18-. The van der Waals surface area contributed by atoms with Gasteiger partial charge in [0.05, 0.1) is 18.2 Å². The summed E-state index contributed by atoms with van der Waals surface area (Å²) in [7, 11) is 1.50. The second kappa shape index (κ2) is 8.08. The van der Waals surface area contributed by atoms with E-state index in [4.69, 9.17) is 14.2 Å². The van der Waals surface area contributed by atoms with Crippen molar-refractivity contribution >= 4 is 17.4 Å². The number of methoxy groups -OCH3 is 1. The van der Waals surface area contributed by atoms with Crippen LogP contribution in [0.3, 0.4) is 0 Å². The van der Waals surface area contributed by atoms with E-state index in [1.807, 2.05) is 0 Å². The van der Waals surface area contributed by atoms with Gasteiger partial charge in [0.25, 0.3) is 11.7 Å². The van der Waals surface area contributed by atoms with E-state index in [-0.39, 0.29) is 30.2 Å². The van der Waals surface area contributed by atoms with Crippen LogP contribution in [0.15, 0.2) is 48.0 Å². The molecule has 1 saturated heterocycles. The lowest BCUT2D eigenvalue weighted by molar-refractivity contribution is -0.140. The van der Waals surface area contributed by atoms with Crippen LogP contribution in [0, 0.1) is 0 Å². The number of phenols is 1. The zero-order valence-corrected chi connectivity index (χ0v) is 16.3. The number of hydrogen-bond donors (Lipinski definition) is 2. The Morgan fingerprint density at radius 1 is 1.13 bits per heavy atom. The molecule has 0 spiro atoms. The van der Waals surface area contributed by atoms with Crippen molar-refractivity contribution in [3.05, 3.63) is 59.2 Å². The predicted octanol–water partition coefficient (Wildman–Crippen LogP) is 2.23. The molecule has 0 bridgehead atoms. The number of aromatic hydroxyl groups is 1. The van der Waals surface area contributed by atoms with Crippen molar-refractivity contribution in [2.75, 3.05) is 33.5 Å². The van der Waals surface area contributed by atoms with Crippen LogP contribution in [0.5, 0.6) is 17.2 Å². The molecule has 1 amide bonds. The quantitative estimate of drug-likeness (QED) is 0.442. The highest BCUT2D eigenvalue weighted by molar-refractivity contribution is 6.46. The number of rotatable bonds is 5. The number of carbonyl (C=O) groups excluding carboxylic acids is 2. The molecule has 30 heavy (non-hydrogen) atoms. The minimum Gasteiger partial charge on any atom is -0.508 e. The van der Waals surface area contributed by atoms with Gasteiger partial charge in [-0.1, -0.05) is 12.1 Å². The number of aliphatic hydroxyl groups excluding tert-OH is 1. The zero-order chi connectivity index (χ0) is 21.3. The van der Waals surface area contributed by atoms with Crippen LogP contribution in [0.1, 0.15) is 17.2 Å². The van der Waals surface area contributed by atoms with Crippen LogP contribution < -0.4 is 9.47 Å². The van der Waals surface area contributed by atoms with E-state index in [9.17, 15) is 19.8 Å². The monoisotopic (exact) mass is 411 g/mol. The maximum atomic E-state index is 12.9. The topological polar surface area (TPSA) is 106 Å². The molecule has 156 valence electrons. The Kier molecular flexibility index (Phi) is 5.33. The first-order valence-corrected chi connectivity index (χ1v) is 9.47. The summed E-state index contributed by atoms with van der Waals surface area (Å²) in [5.74, 6) is -0.871. The van der Waals surface area contributed by atoms with Gasteiger partial charge in [-0.25, -0.2) is 0 Å². The molecule has 2 aliphatic heterocycles. The number of benzene rings is 2. The Morgan fingerprint density at radius 3 is 2.63 bits per heavy atom. The fourth-order valence-electron chi connectivity index (χ4n) is 3.69. The molecule has 4 rings (SSSR count). The normalized spacial score (nSPS) is 19.9. The van der Waals surface area contributed by atoms with Gasteiger partial charge in [0.1, 0.15) is 24.7 Å². The highest BCUT2D eigenvalue weighted by Gasteiger charge is 2.46. The largest absolute Gasteiger partial charge is 0.508 e. The SMILES string of the molecule is COCCN1C(=O)C(=O)/C(=C(\O)c2ccc3c(c2)OCCO3)C1c1cccc(O)c1. The van der Waals surface area contributed by atoms with Crippen molar-refractivity contribution in [3.8, 4) is 17.2 Å². The smallest absolute Gasteiger partial charge is 0.295 e. The number of phenolic OH excluding ortho intramolecular Hbond substituents is 1. The van der Waals surface area contributed by atoms with Crippen LogP contribution in [0.2, 0.25) is 0 Å². The summed E-state index contributed by atoms with van der Waals surface area (Å²) in [4.78, 5) is 26.9. The van der Waals surface area contributed by atoms with E-state index in [1.54, 1.807) is 30.3 Å². The maximum Gasteiger partial charge on any atom is 0.295 e. The third-order valence-electron chi connectivity index (χ3n) is 5.08. The predicted molar refractivity (Wildman–Crippen MR) is 106 cm³/mol. The number of carbonyl (C=O) groups is 2. The average Bonchev–Trinajstić information content (AvgIpc) is 3.01. The third kappa shape index (κ3) is 3.46. The van der Waals surface area contributed by atoms with Crippen LogP contribution >= 0.6 is 0 Å². The third-order valence-corrected chi connectivity index (χ3v) is 5.08. The number of hydrogen-bond acceptors (Lipinski definition) is 7. The molecule has 2 aliphatic rings.